The van der Waals surface area contributed by atoms with Gasteiger partial charge in [-0.2, -0.15) is 0 Å². The highest BCUT2D eigenvalue weighted by Crippen LogP contribution is 2.46. The van der Waals surface area contributed by atoms with Crippen molar-refractivity contribution >= 4 is 55.7 Å². The minimum Gasteiger partial charge on any atom is -0.245 e. The van der Waals surface area contributed by atoms with E-state index in [1.165, 1.54) is 0 Å². The van der Waals surface area contributed by atoms with Crippen LogP contribution in [0.4, 0.5) is 0 Å². The van der Waals surface area contributed by atoms with Crippen LogP contribution in [0.15, 0.2) is 97.1 Å². The molecule has 0 saturated heterocycles. The average molecular weight is 483 g/mol. The Morgan fingerprint density at radius 2 is 1.39 bits per heavy atom. The molecule has 5 heteroatoms. The van der Waals surface area contributed by atoms with Crippen molar-refractivity contribution < 1.29 is 0 Å². The topological polar surface area (TPSA) is 25.8 Å². The first-order valence-electron chi connectivity index (χ1n) is 10.5. The maximum atomic E-state index is 6.75. The van der Waals surface area contributed by atoms with Crippen LogP contribution in [0.3, 0.4) is 0 Å². The van der Waals surface area contributed by atoms with Crippen molar-refractivity contribution in [3.8, 4) is 33.0 Å². The second kappa shape index (κ2) is 8.27. The van der Waals surface area contributed by atoms with Crippen molar-refractivity contribution in [1.29, 1.82) is 0 Å². The van der Waals surface area contributed by atoms with Gasteiger partial charge in [-0.3, -0.25) is 0 Å². The largest absolute Gasteiger partial charge is 0.245 e. The standard InChI is InChI=1S/C28H16Cl2N2S/c29-18-14-15-22-20(16-18)26(19-10-4-5-11-21(19)30)25(17-8-2-1-3-9-17)27(31-22)28-32-23-12-6-7-13-24(23)33-28/h1-16H. The van der Waals surface area contributed by atoms with Crippen molar-refractivity contribution in [2.24, 2.45) is 0 Å². The monoisotopic (exact) mass is 482 g/mol. The number of hydrogen-bond donors (Lipinski definition) is 0. The molecule has 0 radical (unpaired) electrons. The summed E-state index contributed by atoms with van der Waals surface area (Å²) in [5.74, 6) is 0. The van der Waals surface area contributed by atoms with Gasteiger partial charge in [-0.05, 0) is 42.0 Å². The maximum absolute atomic E-state index is 6.75. The van der Waals surface area contributed by atoms with E-state index in [1.54, 1.807) is 11.3 Å². The Morgan fingerprint density at radius 1 is 0.636 bits per heavy atom. The summed E-state index contributed by atoms with van der Waals surface area (Å²) in [4.78, 5) is 10.1. The molecule has 0 aliphatic heterocycles. The second-order valence-electron chi connectivity index (χ2n) is 7.70. The van der Waals surface area contributed by atoms with Crippen LogP contribution < -0.4 is 0 Å². The fourth-order valence-corrected chi connectivity index (χ4v) is 5.56. The van der Waals surface area contributed by atoms with Crippen molar-refractivity contribution in [2.45, 2.75) is 0 Å². The van der Waals surface area contributed by atoms with Crippen LogP contribution >= 0.6 is 34.5 Å². The molecule has 0 unspecified atom stereocenters. The first-order valence-corrected chi connectivity index (χ1v) is 12.1. The molecule has 158 valence electrons. The molecule has 0 fully saturated rings. The van der Waals surface area contributed by atoms with Gasteiger partial charge in [0.15, 0.2) is 0 Å². The number of nitrogens with zero attached hydrogens (tertiary/aromatic N) is 2. The number of benzene rings is 4. The quantitative estimate of drug-likeness (QED) is 0.251. The van der Waals surface area contributed by atoms with Gasteiger partial charge < -0.3 is 0 Å². The third kappa shape index (κ3) is 3.59. The first kappa shape index (κ1) is 20.4. The van der Waals surface area contributed by atoms with E-state index in [0.717, 1.165) is 54.1 Å². The van der Waals surface area contributed by atoms with Crippen LogP contribution in [0.5, 0.6) is 0 Å². The highest BCUT2D eigenvalue weighted by molar-refractivity contribution is 7.21. The molecule has 6 aromatic rings. The molecule has 0 saturated carbocycles. The molecule has 4 aromatic carbocycles. The summed E-state index contributed by atoms with van der Waals surface area (Å²) in [7, 11) is 0. The number of para-hydroxylation sites is 1. The Kier molecular flexibility index (Phi) is 5.11. The highest BCUT2D eigenvalue weighted by atomic mass is 35.5. The van der Waals surface area contributed by atoms with Crippen molar-refractivity contribution in [3.05, 3.63) is 107 Å². The van der Waals surface area contributed by atoms with Gasteiger partial charge in [-0.25, -0.2) is 9.97 Å². The molecule has 0 aliphatic rings. The number of hydrogen-bond acceptors (Lipinski definition) is 3. The van der Waals surface area contributed by atoms with E-state index in [4.69, 9.17) is 33.2 Å². The Morgan fingerprint density at radius 3 is 2.21 bits per heavy atom. The number of pyridine rings is 1. The average Bonchev–Trinajstić information content (AvgIpc) is 3.28. The van der Waals surface area contributed by atoms with E-state index >= 15 is 0 Å². The van der Waals surface area contributed by atoms with Gasteiger partial charge in [0.2, 0.25) is 0 Å². The zero-order chi connectivity index (χ0) is 22.4. The fraction of sp³-hybridized carbons (Fsp3) is 0. The van der Waals surface area contributed by atoms with E-state index in [9.17, 15) is 0 Å². The van der Waals surface area contributed by atoms with Crippen LogP contribution in [-0.2, 0) is 0 Å². The lowest BCUT2D eigenvalue weighted by atomic mass is 9.90. The first-order chi connectivity index (χ1) is 16.2. The van der Waals surface area contributed by atoms with Crippen LogP contribution in [-0.4, -0.2) is 9.97 Å². The second-order valence-corrected chi connectivity index (χ2v) is 9.58. The van der Waals surface area contributed by atoms with Gasteiger partial charge >= 0.3 is 0 Å². The predicted molar refractivity (Wildman–Crippen MR) is 141 cm³/mol. The van der Waals surface area contributed by atoms with Gasteiger partial charge in [-0.15, -0.1) is 11.3 Å². The molecule has 0 amide bonds. The third-order valence-electron chi connectivity index (χ3n) is 5.65. The summed E-state index contributed by atoms with van der Waals surface area (Å²) < 4.78 is 1.13. The molecule has 0 atom stereocenters. The molecular weight excluding hydrogens is 467 g/mol. The summed E-state index contributed by atoms with van der Waals surface area (Å²) in [5.41, 5.74) is 6.65. The van der Waals surface area contributed by atoms with Gasteiger partial charge in [-0.1, -0.05) is 83.9 Å². The summed E-state index contributed by atoms with van der Waals surface area (Å²) >= 11 is 14.9. The molecule has 0 N–H and O–H groups in total. The number of aromatic nitrogens is 2. The molecule has 2 nitrogen and oxygen atoms in total. The summed E-state index contributed by atoms with van der Waals surface area (Å²) in [5, 5.41) is 3.17. The summed E-state index contributed by atoms with van der Waals surface area (Å²) in [6.45, 7) is 0. The molecule has 2 heterocycles. The zero-order valence-corrected chi connectivity index (χ0v) is 19.6. The highest BCUT2D eigenvalue weighted by Gasteiger charge is 2.23. The van der Waals surface area contributed by atoms with Gasteiger partial charge in [0.05, 0.1) is 15.7 Å². The van der Waals surface area contributed by atoms with Crippen molar-refractivity contribution in [2.75, 3.05) is 0 Å². The third-order valence-corrected chi connectivity index (χ3v) is 7.26. The Balaban J connectivity index is 1.81. The molecule has 0 aliphatic carbocycles. The zero-order valence-electron chi connectivity index (χ0n) is 17.3. The lowest BCUT2D eigenvalue weighted by Crippen LogP contribution is -1.96. The number of halogens is 2. The lowest BCUT2D eigenvalue weighted by Gasteiger charge is -2.18. The Hall–Kier alpha value is -3.24. The van der Waals surface area contributed by atoms with Crippen LogP contribution in [0, 0.1) is 0 Å². The molecule has 6 rings (SSSR count). The summed E-state index contributed by atoms with van der Waals surface area (Å²) in [6, 6.07) is 32.2. The molecule has 33 heavy (non-hydrogen) atoms. The van der Waals surface area contributed by atoms with E-state index in [2.05, 4.69) is 18.2 Å². The summed E-state index contributed by atoms with van der Waals surface area (Å²) in [6.07, 6.45) is 0. The van der Waals surface area contributed by atoms with E-state index in [1.807, 2.05) is 78.9 Å². The lowest BCUT2D eigenvalue weighted by molar-refractivity contribution is 1.36. The Bertz CT molecular complexity index is 1610. The van der Waals surface area contributed by atoms with E-state index in [-0.39, 0.29) is 0 Å². The predicted octanol–water partition coefficient (Wildman–Crippen LogP) is 9.15. The van der Waals surface area contributed by atoms with Crippen LogP contribution in [0.2, 0.25) is 10.0 Å². The number of rotatable bonds is 3. The van der Waals surface area contributed by atoms with Crippen molar-refractivity contribution in [3.63, 3.8) is 0 Å². The fourth-order valence-electron chi connectivity index (χ4n) is 4.19. The maximum Gasteiger partial charge on any atom is 0.143 e. The van der Waals surface area contributed by atoms with Crippen LogP contribution in [0.25, 0.3) is 54.1 Å². The number of thiazole rings is 1. The molecule has 2 aromatic heterocycles. The molecular formula is C28H16Cl2N2S. The van der Waals surface area contributed by atoms with Crippen molar-refractivity contribution in [1.82, 2.24) is 9.97 Å². The van der Waals surface area contributed by atoms with E-state index in [0.29, 0.717) is 10.0 Å². The molecule has 0 spiro atoms. The van der Waals surface area contributed by atoms with Crippen LogP contribution in [0.1, 0.15) is 0 Å². The number of fused-ring (bicyclic) bond motifs is 2. The molecule has 0 bridgehead atoms. The van der Waals surface area contributed by atoms with Gasteiger partial charge in [0, 0.05) is 32.1 Å². The van der Waals surface area contributed by atoms with Gasteiger partial charge in [0.1, 0.15) is 10.7 Å². The van der Waals surface area contributed by atoms with Gasteiger partial charge in [0.25, 0.3) is 0 Å². The Labute approximate surface area is 205 Å². The normalized spacial score (nSPS) is 11.3. The SMILES string of the molecule is Clc1ccc2nc(-c3nc4ccccc4s3)c(-c3ccccc3)c(-c3ccccc3Cl)c2c1. The minimum atomic E-state index is 0.657. The minimum absolute atomic E-state index is 0.657. The smallest absolute Gasteiger partial charge is 0.143 e. The van der Waals surface area contributed by atoms with E-state index < -0.39 is 0 Å².